The Labute approximate surface area is 219 Å². The van der Waals surface area contributed by atoms with Crippen LogP contribution in [0.25, 0.3) is 16.6 Å². The van der Waals surface area contributed by atoms with Crippen LogP contribution in [0.3, 0.4) is 0 Å². The molecule has 8 heteroatoms. The van der Waals surface area contributed by atoms with E-state index in [-0.39, 0.29) is 12.1 Å². The molecule has 0 aliphatic rings. The number of urea groups is 1. The minimum absolute atomic E-state index is 0.102. The largest absolute Gasteiger partial charge is 0.467 e. The van der Waals surface area contributed by atoms with E-state index in [1.54, 1.807) is 41.0 Å². The highest BCUT2D eigenvalue weighted by Gasteiger charge is 2.28. The van der Waals surface area contributed by atoms with E-state index >= 15 is 0 Å². The smallest absolute Gasteiger partial charge is 0.322 e. The van der Waals surface area contributed by atoms with Gasteiger partial charge in [0.1, 0.15) is 17.4 Å². The number of anilines is 1. The topological polar surface area (TPSA) is 80.4 Å². The van der Waals surface area contributed by atoms with E-state index in [4.69, 9.17) is 9.40 Å². The van der Waals surface area contributed by atoms with Gasteiger partial charge in [0, 0.05) is 5.69 Å². The molecule has 3 aromatic carbocycles. The Bertz CT molecular complexity index is 1680. The van der Waals surface area contributed by atoms with Crippen LogP contribution >= 0.6 is 0 Å². The second-order valence-corrected chi connectivity index (χ2v) is 9.22. The molecule has 0 aliphatic heterocycles. The summed E-state index contributed by atoms with van der Waals surface area (Å²) in [5.74, 6) is 0.471. The predicted octanol–water partition coefficient (Wildman–Crippen LogP) is 6.53. The van der Waals surface area contributed by atoms with Crippen molar-refractivity contribution in [2.45, 2.75) is 33.4 Å². The van der Waals surface area contributed by atoms with Crippen LogP contribution in [0.15, 0.2) is 94.3 Å². The van der Waals surface area contributed by atoms with E-state index in [1.165, 1.54) is 29.4 Å². The molecule has 2 heterocycles. The van der Waals surface area contributed by atoms with Crippen molar-refractivity contribution in [3.05, 3.63) is 124 Å². The molecule has 1 atom stereocenters. The second-order valence-electron chi connectivity index (χ2n) is 9.22. The summed E-state index contributed by atoms with van der Waals surface area (Å²) in [6.45, 7) is 5.90. The summed E-state index contributed by atoms with van der Waals surface area (Å²) in [7, 11) is 0. The SMILES string of the molecule is Cc1ccc(-n2c(C(C)N(Cc3ccco3)C(=O)Nc3cccc(F)c3)nc3ccccc3c2=O)cc1C. The minimum Gasteiger partial charge on any atom is -0.467 e. The highest BCUT2D eigenvalue weighted by atomic mass is 19.1. The molecule has 5 rings (SSSR count). The Morgan fingerprint density at radius 3 is 2.58 bits per heavy atom. The molecule has 0 spiro atoms. The van der Waals surface area contributed by atoms with Gasteiger partial charge >= 0.3 is 6.03 Å². The number of aromatic nitrogens is 2. The van der Waals surface area contributed by atoms with Gasteiger partial charge in [-0.05, 0) is 86.5 Å². The van der Waals surface area contributed by atoms with Crippen molar-refractivity contribution >= 4 is 22.6 Å². The maximum atomic E-state index is 13.8. The van der Waals surface area contributed by atoms with Gasteiger partial charge in [0.25, 0.3) is 5.56 Å². The monoisotopic (exact) mass is 510 g/mol. The fraction of sp³-hybridized carbons (Fsp3) is 0.167. The third kappa shape index (κ3) is 4.93. The zero-order valence-corrected chi connectivity index (χ0v) is 21.3. The van der Waals surface area contributed by atoms with E-state index in [2.05, 4.69) is 5.32 Å². The number of furan rings is 1. The summed E-state index contributed by atoms with van der Waals surface area (Å²) >= 11 is 0. The molecule has 2 aromatic heterocycles. The number of hydrogen-bond acceptors (Lipinski definition) is 4. The fourth-order valence-corrected chi connectivity index (χ4v) is 4.40. The molecule has 0 radical (unpaired) electrons. The number of fused-ring (bicyclic) bond motifs is 1. The van der Waals surface area contributed by atoms with Crippen molar-refractivity contribution in [3.8, 4) is 5.69 Å². The van der Waals surface area contributed by atoms with Gasteiger partial charge in [-0.1, -0.05) is 24.3 Å². The maximum Gasteiger partial charge on any atom is 0.322 e. The van der Waals surface area contributed by atoms with E-state index in [0.717, 1.165) is 11.1 Å². The Kier molecular flexibility index (Phi) is 6.79. The minimum atomic E-state index is -0.674. The zero-order chi connectivity index (χ0) is 26.8. The van der Waals surface area contributed by atoms with Crippen LogP contribution < -0.4 is 10.9 Å². The normalized spacial score (nSPS) is 11.9. The first-order chi connectivity index (χ1) is 18.3. The molecule has 7 nitrogen and oxygen atoms in total. The summed E-state index contributed by atoms with van der Waals surface area (Å²) in [5, 5.41) is 3.24. The lowest BCUT2D eigenvalue weighted by Gasteiger charge is -2.30. The maximum absolute atomic E-state index is 13.8. The van der Waals surface area contributed by atoms with Crippen LogP contribution in [-0.4, -0.2) is 20.5 Å². The van der Waals surface area contributed by atoms with Gasteiger partial charge in [0.15, 0.2) is 0 Å². The Hall–Kier alpha value is -4.72. The first-order valence-corrected chi connectivity index (χ1v) is 12.3. The average molecular weight is 511 g/mol. The predicted molar refractivity (Wildman–Crippen MR) is 145 cm³/mol. The number of carbonyl (C=O) groups excluding carboxylic acids is 1. The number of halogens is 1. The van der Waals surface area contributed by atoms with Crippen LogP contribution in [0, 0.1) is 19.7 Å². The highest BCUT2D eigenvalue weighted by molar-refractivity contribution is 5.89. The number of benzene rings is 3. The molecule has 5 aromatic rings. The van der Waals surface area contributed by atoms with E-state index in [1.807, 2.05) is 45.0 Å². The van der Waals surface area contributed by atoms with Crippen LogP contribution in [0.5, 0.6) is 0 Å². The number of aryl methyl sites for hydroxylation is 2. The number of hydrogen-bond donors (Lipinski definition) is 1. The summed E-state index contributed by atoms with van der Waals surface area (Å²) in [6, 6.07) is 20.9. The van der Waals surface area contributed by atoms with Crippen molar-refractivity contribution in [1.82, 2.24) is 14.5 Å². The third-order valence-corrected chi connectivity index (χ3v) is 6.63. The number of carbonyl (C=O) groups is 1. The standard InChI is InChI=1S/C30H27FN4O3/c1-19-13-14-24(16-20(19)2)35-28(33-27-12-5-4-11-26(27)29(35)36)21(3)34(18-25-10-7-15-38-25)30(37)32-23-9-6-8-22(31)17-23/h4-17,21H,18H2,1-3H3,(H,32,37). The van der Waals surface area contributed by atoms with Gasteiger partial charge in [0.05, 0.1) is 35.4 Å². The third-order valence-electron chi connectivity index (χ3n) is 6.63. The summed E-state index contributed by atoms with van der Waals surface area (Å²) in [4.78, 5) is 33.8. The number of rotatable bonds is 6. The van der Waals surface area contributed by atoms with Crippen molar-refractivity contribution in [1.29, 1.82) is 0 Å². The molecule has 2 amide bonds. The number of amides is 2. The van der Waals surface area contributed by atoms with Crippen molar-refractivity contribution in [3.63, 3.8) is 0 Å². The Balaban J connectivity index is 1.65. The van der Waals surface area contributed by atoms with Gasteiger partial charge in [-0.25, -0.2) is 14.2 Å². The molecule has 1 N–H and O–H groups in total. The first-order valence-electron chi connectivity index (χ1n) is 12.3. The van der Waals surface area contributed by atoms with Gasteiger partial charge < -0.3 is 14.6 Å². The molecule has 0 saturated carbocycles. The second kappa shape index (κ2) is 10.3. The van der Waals surface area contributed by atoms with Gasteiger partial charge in [-0.3, -0.25) is 9.36 Å². The number of nitrogens with one attached hydrogen (secondary N) is 1. The number of para-hydroxylation sites is 1. The van der Waals surface area contributed by atoms with Gasteiger partial charge in [-0.2, -0.15) is 0 Å². The Morgan fingerprint density at radius 2 is 1.84 bits per heavy atom. The molecule has 1 unspecified atom stereocenters. The lowest BCUT2D eigenvalue weighted by atomic mass is 10.1. The molecular weight excluding hydrogens is 483 g/mol. The van der Waals surface area contributed by atoms with Gasteiger partial charge in [-0.15, -0.1) is 0 Å². The molecule has 0 bridgehead atoms. The van der Waals surface area contributed by atoms with Crippen molar-refractivity contribution in [2.75, 3.05) is 5.32 Å². The lowest BCUT2D eigenvalue weighted by Crippen LogP contribution is -2.39. The summed E-state index contributed by atoms with van der Waals surface area (Å²) in [5.41, 5.74) is 3.38. The molecule has 192 valence electrons. The summed E-state index contributed by atoms with van der Waals surface area (Å²) in [6.07, 6.45) is 1.53. The van der Waals surface area contributed by atoms with E-state index in [9.17, 15) is 14.0 Å². The van der Waals surface area contributed by atoms with Gasteiger partial charge in [0.2, 0.25) is 0 Å². The quantitative estimate of drug-likeness (QED) is 0.282. The number of nitrogens with zero attached hydrogens (tertiary/aromatic N) is 3. The molecule has 0 aliphatic carbocycles. The van der Waals surface area contributed by atoms with Crippen molar-refractivity contribution in [2.24, 2.45) is 0 Å². The Morgan fingerprint density at radius 1 is 1.03 bits per heavy atom. The lowest BCUT2D eigenvalue weighted by molar-refractivity contribution is 0.179. The average Bonchev–Trinajstić information content (AvgIpc) is 3.42. The molecule has 0 saturated heterocycles. The fourth-order valence-electron chi connectivity index (χ4n) is 4.40. The first kappa shape index (κ1) is 25.0. The van der Waals surface area contributed by atoms with Crippen LogP contribution in [0.4, 0.5) is 14.9 Å². The zero-order valence-electron chi connectivity index (χ0n) is 21.3. The van der Waals surface area contributed by atoms with E-state index < -0.39 is 17.9 Å². The van der Waals surface area contributed by atoms with Crippen LogP contribution in [-0.2, 0) is 6.54 Å². The highest BCUT2D eigenvalue weighted by Crippen LogP contribution is 2.26. The van der Waals surface area contributed by atoms with Crippen LogP contribution in [0.2, 0.25) is 0 Å². The van der Waals surface area contributed by atoms with Crippen LogP contribution in [0.1, 0.15) is 35.7 Å². The molecular formula is C30H27FN4O3. The molecule has 0 fully saturated rings. The molecule has 38 heavy (non-hydrogen) atoms. The van der Waals surface area contributed by atoms with E-state index in [0.29, 0.717) is 33.9 Å². The summed E-state index contributed by atoms with van der Waals surface area (Å²) < 4.78 is 20.9. The van der Waals surface area contributed by atoms with Crippen molar-refractivity contribution < 1.29 is 13.6 Å².